The molecular formula is C21H48InN3O3S. The van der Waals surface area contributed by atoms with E-state index in [1.807, 2.05) is 19.9 Å². The summed E-state index contributed by atoms with van der Waals surface area (Å²) in [5.41, 5.74) is 7.93. The summed E-state index contributed by atoms with van der Waals surface area (Å²) < 4.78 is 16.5. The molecule has 0 amide bonds. The molecule has 2 aliphatic heterocycles. The van der Waals surface area contributed by atoms with E-state index in [9.17, 15) is 0 Å². The van der Waals surface area contributed by atoms with Crippen molar-refractivity contribution < 1.29 is 14.6 Å². The van der Waals surface area contributed by atoms with Crippen LogP contribution in [-0.2, 0) is 9.47 Å². The van der Waals surface area contributed by atoms with Crippen molar-refractivity contribution in [3.63, 3.8) is 0 Å². The van der Waals surface area contributed by atoms with E-state index in [4.69, 9.17) is 16.4 Å². The normalized spacial score (nSPS) is 19.2. The fraction of sp³-hybridized carbons (Fsp3) is 0.905. The first-order valence-corrected chi connectivity index (χ1v) is 10.9. The molecule has 0 aromatic rings. The van der Waals surface area contributed by atoms with Crippen LogP contribution in [0.25, 0.3) is 10.4 Å². The van der Waals surface area contributed by atoms with Crippen LogP contribution in [0.2, 0.25) is 0 Å². The Hall–Kier alpha value is 0.150. The zero-order valence-electron chi connectivity index (χ0n) is 20.5. The van der Waals surface area contributed by atoms with Gasteiger partial charge in [-0.1, -0.05) is 66.6 Å². The van der Waals surface area contributed by atoms with E-state index in [1.54, 1.807) is 6.26 Å². The van der Waals surface area contributed by atoms with E-state index < -0.39 is 0 Å². The Morgan fingerprint density at radius 2 is 1.45 bits per heavy atom. The number of nitrogens with zero attached hydrogens (tertiary/aromatic N) is 3. The number of rotatable bonds is 7. The van der Waals surface area contributed by atoms with Crippen LogP contribution >= 0.6 is 12.6 Å². The van der Waals surface area contributed by atoms with Crippen LogP contribution in [0.15, 0.2) is 17.8 Å². The molecule has 0 spiro atoms. The molecule has 2 heterocycles. The van der Waals surface area contributed by atoms with Crippen LogP contribution in [-0.4, -0.2) is 76.7 Å². The fourth-order valence-corrected chi connectivity index (χ4v) is 1.21. The zero-order chi connectivity index (χ0) is 23.4. The number of aliphatic hydroxyl groups excluding tert-OH is 1. The average molecular weight is 540 g/mol. The molecule has 174 valence electrons. The Balaban J connectivity index is -0.000000149. The van der Waals surface area contributed by atoms with Crippen molar-refractivity contribution in [2.45, 2.75) is 73.7 Å². The minimum atomic E-state index is -0.282. The van der Waals surface area contributed by atoms with Gasteiger partial charge in [0.15, 0.2) is 0 Å². The Bertz CT molecular complexity index is 400. The predicted octanol–water partition coefficient (Wildman–Crippen LogP) is 4.59. The van der Waals surface area contributed by atoms with Gasteiger partial charge in [-0.25, -0.2) is 0 Å². The molecule has 0 aromatic heterocycles. The van der Waals surface area contributed by atoms with Gasteiger partial charge in [-0.2, -0.15) is 12.6 Å². The maximum atomic E-state index is 7.93. The molecule has 3 atom stereocenters. The van der Waals surface area contributed by atoms with E-state index in [0.717, 1.165) is 25.0 Å². The van der Waals surface area contributed by atoms with Gasteiger partial charge in [0.25, 0.3) is 0 Å². The van der Waals surface area contributed by atoms with E-state index in [0.29, 0.717) is 18.1 Å². The van der Waals surface area contributed by atoms with Gasteiger partial charge in [0.05, 0.1) is 38.1 Å². The van der Waals surface area contributed by atoms with Crippen LogP contribution in [0.3, 0.4) is 0 Å². The molecule has 0 aromatic carbocycles. The Morgan fingerprint density at radius 1 is 1.10 bits per heavy atom. The van der Waals surface area contributed by atoms with Crippen LogP contribution in [0.1, 0.15) is 55.4 Å². The number of azide groups is 1. The molecular weight excluding hydrogens is 489 g/mol. The molecule has 0 aliphatic carbocycles. The van der Waals surface area contributed by atoms with Gasteiger partial charge in [-0.05, 0) is 35.5 Å². The second-order valence-electron chi connectivity index (χ2n) is 7.91. The zero-order valence-corrected chi connectivity index (χ0v) is 20.4. The number of epoxide rings is 2. The number of thiol groups is 1. The van der Waals surface area contributed by atoms with Crippen molar-refractivity contribution in [2.24, 2.45) is 28.8 Å². The third kappa shape index (κ3) is 33.0. The van der Waals surface area contributed by atoms with E-state index >= 15 is 0 Å². The molecule has 1 N–H and O–H groups in total. The number of hydrogen-bond acceptors (Lipinski definition) is 5. The summed E-state index contributed by atoms with van der Waals surface area (Å²) in [4.78, 5) is 2.57. The third-order valence-electron chi connectivity index (χ3n) is 3.75. The van der Waals surface area contributed by atoms with Gasteiger partial charge >= 0.3 is 25.8 Å². The number of ether oxygens (including phenoxy) is 2. The van der Waals surface area contributed by atoms with Crippen LogP contribution in [0.4, 0.5) is 0 Å². The maximum absolute atomic E-state index is 7.93. The van der Waals surface area contributed by atoms with Crippen molar-refractivity contribution >= 4 is 38.5 Å². The molecule has 29 heavy (non-hydrogen) atoms. The van der Waals surface area contributed by atoms with Gasteiger partial charge in [-0.3, -0.25) is 0 Å². The Labute approximate surface area is 205 Å². The molecule has 0 radical (unpaired) electrons. The average Bonchev–Trinajstić information content (AvgIpc) is 3.56. The standard InChI is InChI=1S/C5H11N3O.2C5H10O.C5H10.CH4S.In.3H/c1-4(2)5(9)3-7-8-6;2*1-4(2)5-3-6-5;1-4-5(2)3;1-2;;;;/h4-5,9H,3H2,1-2H3;2*4-5H,3H2,1-2H3;4-5H,1H2,2-3H3;2H,1H3;;;;/t2*5-;;;;;;;/m01......./s1/i9T;;;;;;;;. The molecule has 6 nitrogen and oxygen atoms in total. The summed E-state index contributed by atoms with van der Waals surface area (Å²) in [6.07, 6.45) is 4.53. The van der Waals surface area contributed by atoms with Crippen molar-refractivity contribution in [3.8, 4) is 0 Å². The van der Waals surface area contributed by atoms with Gasteiger partial charge in [-0.15, -0.1) is 6.58 Å². The van der Waals surface area contributed by atoms with Crippen LogP contribution in [0.5, 0.6) is 0 Å². The van der Waals surface area contributed by atoms with Gasteiger partial charge < -0.3 is 14.6 Å². The van der Waals surface area contributed by atoms with E-state index in [1.165, 1.54) is 0 Å². The molecule has 2 rings (SSSR count). The van der Waals surface area contributed by atoms with Crippen LogP contribution < -0.4 is 0 Å². The fourth-order valence-electron chi connectivity index (χ4n) is 1.21. The summed E-state index contributed by atoms with van der Waals surface area (Å²) in [7, 11) is 0. The topological polar surface area (TPSA) is 94.0 Å². The quantitative estimate of drug-likeness (QED) is 0.124. The molecule has 8 heteroatoms. The number of aliphatic hydroxyl groups is 1. The summed E-state index contributed by atoms with van der Waals surface area (Å²) in [5.74, 6) is 2.34. The summed E-state index contributed by atoms with van der Waals surface area (Å²) in [6, 6.07) is 0. The second-order valence-corrected chi connectivity index (χ2v) is 7.91. The molecule has 0 bridgehead atoms. The summed E-state index contributed by atoms with van der Waals surface area (Å²) >= 11 is 3.53. The van der Waals surface area contributed by atoms with E-state index in [-0.39, 0.29) is 44.4 Å². The van der Waals surface area contributed by atoms with Crippen LogP contribution in [0, 0.1) is 23.7 Å². The molecule has 0 saturated carbocycles. The van der Waals surface area contributed by atoms with Gasteiger partial charge in [0, 0.05) is 4.91 Å². The minimum absolute atomic E-state index is 0. The SMILES string of the molecule is C=CC(C)C.CC(C)C1CO1.CC(C)[C@H]1CO1.CS.[3H]O[C@@H](CN=[N+]=[N-])C(C)C.[InH3]. The van der Waals surface area contributed by atoms with Gasteiger partial charge in [0.2, 0.25) is 1.43 Å². The number of hydrogen-bond donors (Lipinski definition) is 2. The third-order valence-corrected chi connectivity index (χ3v) is 3.75. The molecule has 2 saturated heterocycles. The first kappa shape index (κ1) is 33.8. The molecule has 2 fully saturated rings. The van der Waals surface area contributed by atoms with Crippen molar-refractivity contribution in [1.29, 1.82) is 1.43 Å². The Kier molecular flexibility index (Phi) is 28.4. The van der Waals surface area contributed by atoms with Gasteiger partial charge in [0.1, 0.15) is 0 Å². The van der Waals surface area contributed by atoms with Crippen molar-refractivity contribution in [1.82, 2.24) is 0 Å². The monoisotopic (exact) mass is 539 g/mol. The first-order valence-electron chi connectivity index (χ1n) is 10.4. The van der Waals surface area contributed by atoms with Crippen molar-refractivity contribution in [2.75, 3.05) is 26.0 Å². The number of allylic oxidation sites excluding steroid dienone is 1. The Morgan fingerprint density at radius 3 is 1.55 bits per heavy atom. The summed E-state index contributed by atoms with van der Waals surface area (Å²) in [5, 5.41) is 7.60. The van der Waals surface area contributed by atoms with Crippen molar-refractivity contribution in [3.05, 3.63) is 23.1 Å². The second kappa shape index (κ2) is 24.4. The van der Waals surface area contributed by atoms with E-state index in [2.05, 4.69) is 75.9 Å². The molecule has 1 unspecified atom stereocenters. The summed E-state index contributed by atoms with van der Waals surface area (Å²) in [6.45, 7) is 22.5. The molecule has 2 aliphatic rings. The first-order chi connectivity index (χ1) is 13.6. The predicted molar refractivity (Wildman–Crippen MR) is 134 cm³/mol.